The van der Waals surface area contributed by atoms with Gasteiger partial charge >= 0.3 is 5.97 Å². The van der Waals surface area contributed by atoms with Gasteiger partial charge in [-0.1, -0.05) is 0 Å². The van der Waals surface area contributed by atoms with Crippen LogP contribution in [0.3, 0.4) is 0 Å². The van der Waals surface area contributed by atoms with Gasteiger partial charge in [-0.3, -0.25) is 4.79 Å². The number of ether oxygens (including phenoxy) is 1. The van der Waals surface area contributed by atoms with Crippen molar-refractivity contribution in [1.82, 2.24) is 10.2 Å². The van der Waals surface area contributed by atoms with Crippen LogP contribution in [0.5, 0.6) is 0 Å². The van der Waals surface area contributed by atoms with E-state index in [0.717, 1.165) is 38.9 Å². The van der Waals surface area contributed by atoms with Gasteiger partial charge < -0.3 is 20.1 Å². The van der Waals surface area contributed by atoms with Gasteiger partial charge in [-0.25, -0.2) is 4.79 Å². The molecule has 4 unspecified atom stereocenters. The van der Waals surface area contributed by atoms with Crippen LogP contribution in [0, 0.1) is 5.92 Å². The molecule has 0 aromatic heterocycles. The number of nitrogens with zero attached hydrogens (tertiary/aromatic N) is 1. The third-order valence-corrected chi connectivity index (χ3v) is 4.75. The summed E-state index contributed by atoms with van der Waals surface area (Å²) in [5.74, 6) is -0.123. The predicted octanol–water partition coefficient (Wildman–Crippen LogP) is 0.219. The molecule has 0 aliphatic carbocycles. The molecule has 6 heteroatoms. The van der Waals surface area contributed by atoms with Crippen molar-refractivity contribution >= 4 is 11.9 Å². The number of amides is 1. The Morgan fingerprint density at radius 1 is 1.35 bits per heavy atom. The summed E-state index contributed by atoms with van der Waals surface area (Å²) in [5.41, 5.74) is 0. The van der Waals surface area contributed by atoms with Gasteiger partial charge in [-0.2, -0.15) is 0 Å². The molecule has 0 spiro atoms. The maximum absolute atomic E-state index is 11.4. The van der Waals surface area contributed by atoms with Crippen molar-refractivity contribution in [2.24, 2.45) is 5.92 Å². The van der Waals surface area contributed by atoms with Gasteiger partial charge in [0.2, 0.25) is 5.91 Å². The third-order valence-electron chi connectivity index (χ3n) is 4.75. The summed E-state index contributed by atoms with van der Waals surface area (Å²) >= 11 is 0. The molecule has 3 saturated heterocycles. The first-order valence-electron chi connectivity index (χ1n) is 7.52. The van der Waals surface area contributed by atoms with E-state index in [9.17, 15) is 9.59 Å². The molecule has 3 aliphatic heterocycles. The lowest BCUT2D eigenvalue weighted by atomic mass is 9.85. The Hall–Kier alpha value is -1.14. The van der Waals surface area contributed by atoms with E-state index in [2.05, 4.69) is 10.2 Å². The number of hydrogen-bond donors (Lipinski definition) is 2. The second kappa shape index (κ2) is 5.69. The average molecular weight is 282 g/mol. The zero-order chi connectivity index (χ0) is 14.1. The molecule has 6 nitrogen and oxygen atoms in total. The van der Waals surface area contributed by atoms with Crippen LogP contribution in [0.25, 0.3) is 0 Å². The molecule has 0 aromatic rings. The number of carbonyl (C=O) groups is 2. The lowest BCUT2D eigenvalue weighted by molar-refractivity contribution is -0.149. The first kappa shape index (κ1) is 13.8. The molecule has 112 valence electrons. The first-order chi connectivity index (χ1) is 9.61. The summed E-state index contributed by atoms with van der Waals surface area (Å²) in [5, 5.41) is 12.0. The molecule has 3 aliphatic rings. The normalized spacial score (nSPS) is 38.3. The molecule has 3 rings (SSSR count). The van der Waals surface area contributed by atoms with E-state index in [-0.39, 0.29) is 12.0 Å². The number of aliphatic carboxylic acids is 1. The lowest BCUT2D eigenvalue weighted by Gasteiger charge is -2.42. The number of piperidine rings is 2. The molecular formula is C14H22N2O4. The monoisotopic (exact) mass is 282 g/mol. The van der Waals surface area contributed by atoms with Crippen LogP contribution < -0.4 is 5.32 Å². The molecular weight excluding hydrogens is 260 g/mol. The Kier molecular flexibility index (Phi) is 3.94. The molecule has 0 bridgehead atoms. The number of carbonyl (C=O) groups excluding carboxylic acids is 1. The second-order valence-electron chi connectivity index (χ2n) is 6.18. The number of rotatable bonds is 3. The maximum atomic E-state index is 11.4. The highest BCUT2D eigenvalue weighted by Crippen LogP contribution is 2.27. The second-order valence-corrected chi connectivity index (χ2v) is 6.18. The Bertz CT molecular complexity index is 401. The zero-order valence-electron chi connectivity index (χ0n) is 11.6. The van der Waals surface area contributed by atoms with Crippen LogP contribution in [0.1, 0.15) is 32.1 Å². The number of carboxylic acid groups (broad SMARTS) is 1. The molecule has 2 N–H and O–H groups in total. The van der Waals surface area contributed by atoms with Crippen molar-refractivity contribution in [1.29, 1.82) is 0 Å². The van der Waals surface area contributed by atoms with Crippen molar-refractivity contribution in [3.63, 3.8) is 0 Å². The van der Waals surface area contributed by atoms with E-state index in [0.29, 0.717) is 24.8 Å². The summed E-state index contributed by atoms with van der Waals surface area (Å²) in [7, 11) is 0. The molecule has 0 saturated carbocycles. The molecule has 20 heavy (non-hydrogen) atoms. The fourth-order valence-electron chi connectivity index (χ4n) is 3.66. The van der Waals surface area contributed by atoms with Crippen molar-refractivity contribution < 1.29 is 19.4 Å². The molecule has 0 aromatic carbocycles. The van der Waals surface area contributed by atoms with E-state index in [1.807, 2.05) is 0 Å². The first-order valence-corrected chi connectivity index (χ1v) is 7.52. The van der Waals surface area contributed by atoms with Crippen molar-refractivity contribution in [3.8, 4) is 0 Å². The van der Waals surface area contributed by atoms with Gasteiger partial charge in [0.25, 0.3) is 0 Å². The molecule has 3 heterocycles. The number of fused-ring (bicyclic) bond motifs is 1. The Labute approximate surface area is 118 Å². The molecule has 4 atom stereocenters. The van der Waals surface area contributed by atoms with Crippen LogP contribution in [0.2, 0.25) is 0 Å². The van der Waals surface area contributed by atoms with Crippen LogP contribution in [-0.2, 0) is 14.3 Å². The number of nitrogens with one attached hydrogen (secondary N) is 1. The van der Waals surface area contributed by atoms with Crippen molar-refractivity contribution in [3.05, 3.63) is 0 Å². The third kappa shape index (κ3) is 2.96. The molecule has 0 radical (unpaired) electrons. The standard InChI is InChI=1S/C14H22N2O4/c17-13-4-1-9-7-16(6-5-11(9)15-13)8-10-2-3-12(20-10)14(18)19/h9-12H,1-8H2,(H,15,17)(H,18,19). The zero-order valence-corrected chi connectivity index (χ0v) is 11.6. The summed E-state index contributed by atoms with van der Waals surface area (Å²) in [6.07, 6.45) is 3.48. The Balaban J connectivity index is 1.48. The van der Waals surface area contributed by atoms with Gasteiger partial charge in [0.1, 0.15) is 0 Å². The highest BCUT2D eigenvalue weighted by Gasteiger charge is 2.36. The number of carboxylic acids is 1. The minimum absolute atomic E-state index is 0.0471. The summed E-state index contributed by atoms with van der Waals surface area (Å²) < 4.78 is 5.57. The predicted molar refractivity (Wildman–Crippen MR) is 71.2 cm³/mol. The van der Waals surface area contributed by atoms with E-state index >= 15 is 0 Å². The SMILES string of the molecule is O=C1CCC2CN(CC3CCC(C(=O)O)O3)CCC2N1. The van der Waals surface area contributed by atoms with Crippen molar-refractivity contribution in [2.75, 3.05) is 19.6 Å². The lowest BCUT2D eigenvalue weighted by Crippen LogP contribution is -2.54. The minimum Gasteiger partial charge on any atom is -0.479 e. The van der Waals surface area contributed by atoms with Gasteiger partial charge in [-0.05, 0) is 31.6 Å². The fourth-order valence-corrected chi connectivity index (χ4v) is 3.66. The van der Waals surface area contributed by atoms with E-state index < -0.39 is 12.1 Å². The smallest absolute Gasteiger partial charge is 0.332 e. The van der Waals surface area contributed by atoms with Crippen molar-refractivity contribution in [2.45, 2.75) is 50.4 Å². The highest BCUT2D eigenvalue weighted by atomic mass is 16.5. The Morgan fingerprint density at radius 2 is 2.20 bits per heavy atom. The largest absolute Gasteiger partial charge is 0.479 e. The molecule has 1 amide bonds. The van der Waals surface area contributed by atoms with E-state index in [4.69, 9.17) is 9.84 Å². The Morgan fingerprint density at radius 3 is 2.95 bits per heavy atom. The highest BCUT2D eigenvalue weighted by molar-refractivity contribution is 5.77. The van der Waals surface area contributed by atoms with Gasteiger partial charge in [0.15, 0.2) is 6.10 Å². The van der Waals surface area contributed by atoms with Crippen LogP contribution in [-0.4, -0.2) is 59.8 Å². The van der Waals surface area contributed by atoms with Crippen LogP contribution in [0.4, 0.5) is 0 Å². The average Bonchev–Trinajstić information content (AvgIpc) is 2.88. The summed E-state index contributed by atoms with van der Waals surface area (Å²) in [6.45, 7) is 2.77. The van der Waals surface area contributed by atoms with Gasteiger partial charge in [-0.15, -0.1) is 0 Å². The fraction of sp³-hybridized carbons (Fsp3) is 0.857. The topological polar surface area (TPSA) is 78.9 Å². The van der Waals surface area contributed by atoms with E-state index in [1.54, 1.807) is 0 Å². The quantitative estimate of drug-likeness (QED) is 0.774. The van der Waals surface area contributed by atoms with Crippen LogP contribution in [0.15, 0.2) is 0 Å². The number of hydrogen-bond acceptors (Lipinski definition) is 4. The summed E-state index contributed by atoms with van der Waals surface area (Å²) in [6, 6.07) is 0.337. The van der Waals surface area contributed by atoms with E-state index in [1.165, 1.54) is 0 Å². The maximum Gasteiger partial charge on any atom is 0.332 e. The van der Waals surface area contributed by atoms with Gasteiger partial charge in [0.05, 0.1) is 6.10 Å². The number of likely N-dealkylation sites (tertiary alicyclic amines) is 1. The molecule has 3 fully saturated rings. The van der Waals surface area contributed by atoms with Crippen LogP contribution >= 0.6 is 0 Å². The van der Waals surface area contributed by atoms with Gasteiger partial charge in [0, 0.05) is 32.1 Å². The summed E-state index contributed by atoms with van der Waals surface area (Å²) in [4.78, 5) is 24.6. The minimum atomic E-state index is -0.846.